The van der Waals surface area contributed by atoms with Gasteiger partial charge in [-0.25, -0.2) is 4.39 Å². The van der Waals surface area contributed by atoms with Crippen molar-refractivity contribution in [1.29, 1.82) is 0 Å². The SMILES string of the molecule is COC[C@@H]1CN(Cc2ccc(F)c(Cl)c2)C[C@H]1C(N)=O. The summed E-state index contributed by atoms with van der Waals surface area (Å²) >= 11 is 5.77. The van der Waals surface area contributed by atoms with Gasteiger partial charge in [0.05, 0.1) is 17.5 Å². The van der Waals surface area contributed by atoms with Crippen LogP contribution in [0.5, 0.6) is 0 Å². The molecule has 4 nitrogen and oxygen atoms in total. The maximum atomic E-state index is 13.1. The van der Waals surface area contributed by atoms with E-state index in [4.69, 9.17) is 22.1 Å². The van der Waals surface area contributed by atoms with Gasteiger partial charge in [-0.05, 0) is 17.7 Å². The van der Waals surface area contributed by atoms with Gasteiger partial charge in [-0.1, -0.05) is 17.7 Å². The van der Waals surface area contributed by atoms with Crippen LogP contribution in [0.3, 0.4) is 0 Å². The second-order valence-electron chi connectivity index (χ2n) is 5.17. The first-order chi connectivity index (χ1) is 9.51. The Morgan fingerprint density at radius 3 is 2.90 bits per heavy atom. The van der Waals surface area contributed by atoms with Crippen molar-refractivity contribution >= 4 is 17.5 Å². The summed E-state index contributed by atoms with van der Waals surface area (Å²) < 4.78 is 18.3. The van der Waals surface area contributed by atoms with Crippen LogP contribution in [0.25, 0.3) is 0 Å². The van der Waals surface area contributed by atoms with Crippen LogP contribution in [0.2, 0.25) is 5.02 Å². The number of nitrogens with two attached hydrogens (primary N) is 1. The van der Waals surface area contributed by atoms with Crippen molar-refractivity contribution < 1.29 is 13.9 Å². The fourth-order valence-corrected chi connectivity index (χ4v) is 2.89. The molecule has 1 aromatic rings. The lowest BCUT2D eigenvalue weighted by Crippen LogP contribution is -2.31. The van der Waals surface area contributed by atoms with Gasteiger partial charge in [0.25, 0.3) is 0 Å². The van der Waals surface area contributed by atoms with Gasteiger partial charge >= 0.3 is 0 Å². The minimum absolute atomic E-state index is 0.105. The quantitative estimate of drug-likeness (QED) is 0.900. The number of halogens is 2. The predicted octanol–water partition coefficient (Wildman–Crippen LogP) is 1.66. The van der Waals surface area contributed by atoms with Crippen molar-refractivity contribution in [3.63, 3.8) is 0 Å². The Hall–Kier alpha value is -1.17. The predicted molar refractivity (Wildman–Crippen MR) is 74.7 cm³/mol. The molecule has 110 valence electrons. The third-order valence-corrected chi connectivity index (χ3v) is 3.94. The largest absolute Gasteiger partial charge is 0.384 e. The Balaban J connectivity index is 2.03. The summed E-state index contributed by atoms with van der Waals surface area (Å²) in [6, 6.07) is 4.66. The van der Waals surface area contributed by atoms with Crippen LogP contribution in [-0.4, -0.2) is 37.6 Å². The molecule has 1 aliphatic rings. The summed E-state index contributed by atoms with van der Waals surface area (Å²) in [5.41, 5.74) is 6.34. The van der Waals surface area contributed by atoms with Gasteiger partial charge < -0.3 is 10.5 Å². The van der Waals surface area contributed by atoms with Gasteiger partial charge in [-0.2, -0.15) is 0 Å². The molecule has 2 rings (SSSR count). The second-order valence-corrected chi connectivity index (χ2v) is 5.57. The molecule has 0 aromatic heterocycles. The molecule has 1 fully saturated rings. The van der Waals surface area contributed by atoms with Gasteiger partial charge in [-0.3, -0.25) is 9.69 Å². The number of carbonyl (C=O) groups is 1. The van der Waals surface area contributed by atoms with Crippen LogP contribution in [0, 0.1) is 17.7 Å². The van der Waals surface area contributed by atoms with Crippen LogP contribution in [0.1, 0.15) is 5.56 Å². The van der Waals surface area contributed by atoms with Crippen LogP contribution in [0.4, 0.5) is 4.39 Å². The second kappa shape index (κ2) is 6.52. The van der Waals surface area contributed by atoms with E-state index in [-0.39, 0.29) is 22.8 Å². The standard InChI is InChI=1S/C14H18ClFN2O2/c1-20-8-10-6-18(7-11(10)14(17)19)5-9-2-3-13(16)12(15)4-9/h2-4,10-11H,5-8H2,1H3,(H2,17,19)/t10-,11+/m0/s1. The Morgan fingerprint density at radius 2 is 2.30 bits per heavy atom. The van der Waals surface area contributed by atoms with E-state index < -0.39 is 5.82 Å². The first kappa shape index (κ1) is 15.2. The molecule has 2 N–H and O–H groups in total. The Kier molecular flexibility index (Phi) is 4.96. The van der Waals surface area contributed by atoms with Crippen molar-refractivity contribution in [3.05, 3.63) is 34.6 Å². The zero-order chi connectivity index (χ0) is 14.7. The first-order valence-corrected chi connectivity index (χ1v) is 6.83. The fraction of sp³-hybridized carbons (Fsp3) is 0.500. The third-order valence-electron chi connectivity index (χ3n) is 3.65. The summed E-state index contributed by atoms with van der Waals surface area (Å²) in [6.45, 7) is 2.45. The normalized spacial score (nSPS) is 23.1. The molecular formula is C14H18ClFN2O2. The van der Waals surface area contributed by atoms with E-state index in [0.717, 1.165) is 12.1 Å². The number of hydrogen-bond donors (Lipinski definition) is 1. The van der Waals surface area contributed by atoms with Crippen molar-refractivity contribution in [3.8, 4) is 0 Å². The monoisotopic (exact) mass is 300 g/mol. The van der Waals surface area contributed by atoms with E-state index in [2.05, 4.69) is 4.90 Å². The van der Waals surface area contributed by atoms with Gasteiger partial charge in [0.2, 0.25) is 5.91 Å². The van der Waals surface area contributed by atoms with E-state index in [1.807, 2.05) is 0 Å². The lowest BCUT2D eigenvalue weighted by molar-refractivity contribution is -0.123. The van der Waals surface area contributed by atoms with E-state index in [0.29, 0.717) is 19.7 Å². The van der Waals surface area contributed by atoms with Crippen molar-refractivity contribution in [2.24, 2.45) is 17.6 Å². The molecule has 1 heterocycles. The van der Waals surface area contributed by atoms with Crippen LogP contribution < -0.4 is 5.73 Å². The third kappa shape index (κ3) is 3.48. The molecule has 20 heavy (non-hydrogen) atoms. The molecule has 6 heteroatoms. The maximum Gasteiger partial charge on any atom is 0.222 e. The summed E-state index contributed by atoms with van der Waals surface area (Å²) in [4.78, 5) is 13.6. The highest BCUT2D eigenvalue weighted by molar-refractivity contribution is 6.30. The minimum atomic E-state index is -0.427. The molecule has 1 amide bonds. The zero-order valence-corrected chi connectivity index (χ0v) is 12.1. The van der Waals surface area contributed by atoms with Crippen LogP contribution in [-0.2, 0) is 16.1 Å². The van der Waals surface area contributed by atoms with Gasteiger partial charge in [0, 0.05) is 32.7 Å². The Morgan fingerprint density at radius 1 is 1.55 bits per heavy atom. The van der Waals surface area contributed by atoms with Crippen molar-refractivity contribution in [2.75, 3.05) is 26.8 Å². The molecule has 0 radical (unpaired) electrons. The number of hydrogen-bond acceptors (Lipinski definition) is 3. The molecule has 0 saturated carbocycles. The van der Waals surface area contributed by atoms with Crippen molar-refractivity contribution in [2.45, 2.75) is 6.54 Å². The summed E-state index contributed by atoms with van der Waals surface area (Å²) in [5, 5.41) is 0.113. The highest BCUT2D eigenvalue weighted by atomic mass is 35.5. The molecular weight excluding hydrogens is 283 g/mol. The highest BCUT2D eigenvalue weighted by Gasteiger charge is 2.36. The average Bonchev–Trinajstić information content (AvgIpc) is 2.77. The lowest BCUT2D eigenvalue weighted by atomic mass is 9.96. The van der Waals surface area contributed by atoms with Gasteiger partial charge in [-0.15, -0.1) is 0 Å². The maximum absolute atomic E-state index is 13.1. The molecule has 0 aliphatic carbocycles. The van der Waals surface area contributed by atoms with Gasteiger partial charge in [0.1, 0.15) is 5.82 Å². The van der Waals surface area contributed by atoms with E-state index in [1.165, 1.54) is 6.07 Å². The lowest BCUT2D eigenvalue weighted by Gasteiger charge is -2.15. The summed E-state index contributed by atoms with van der Waals surface area (Å²) in [6.07, 6.45) is 0. The molecule has 2 atom stereocenters. The molecule has 0 bridgehead atoms. The average molecular weight is 301 g/mol. The number of primary amides is 1. The Labute approximate surface area is 122 Å². The summed E-state index contributed by atoms with van der Waals surface area (Å²) in [7, 11) is 1.61. The number of nitrogens with zero attached hydrogens (tertiary/aromatic N) is 1. The van der Waals surface area contributed by atoms with Crippen LogP contribution >= 0.6 is 11.6 Å². The van der Waals surface area contributed by atoms with E-state index in [1.54, 1.807) is 19.2 Å². The van der Waals surface area contributed by atoms with Crippen LogP contribution in [0.15, 0.2) is 18.2 Å². The number of amides is 1. The molecule has 1 aromatic carbocycles. The number of rotatable bonds is 5. The minimum Gasteiger partial charge on any atom is -0.384 e. The highest BCUT2D eigenvalue weighted by Crippen LogP contribution is 2.26. The van der Waals surface area contributed by atoms with Gasteiger partial charge in [0.15, 0.2) is 0 Å². The summed E-state index contributed by atoms with van der Waals surface area (Å²) in [5.74, 6) is -0.824. The fourth-order valence-electron chi connectivity index (χ4n) is 2.69. The van der Waals surface area contributed by atoms with Crippen molar-refractivity contribution in [1.82, 2.24) is 4.90 Å². The first-order valence-electron chi connectivity index (χ1n) is 6.45. The van der Waals surface area contributed by atoms with E-state index >= 15 is 0 Å². The number of ether oxygens (including phenoxy) is 1. The number of carbonyl (C=O) groups excluding carboxylic acids is 1. The molecule has 1 aliphatic heterocycles. The number of methoxy groups -OCH3 is 1. The topological polar surface area (TPSA) is 55.6 Å². The number of likely N-dealkylation sites (tertiary alicyclic amines) is 1. The smallest absolute Gasteiger partial charge is 0.222 e. The Bertz CT molecular complexity index is 498. The molecule has 0 unspecified atom stereocenters. The van der Waals surface area contributed by atoms with E-state index in [9.17, 15) is 9.18 Å². The molecule has 0 spiro atoms. The zero-order valence-electron chi connectivity index (χ0n) is 11.3. The number of benzene rings is 1. The molecule has 1 saturated heterocycles.